The van der Waals surface area contributed by atoms with E-state index in [-0.39, 0.29) is 11.4 Å². The number of thioether (sulfide) groups is 1. The number of pyridine rings is 1. The van der Waals surface area contributed by atoms with Crippen LogP contribution in [0.15, 0.2) is 41.4 Å². The molecular formula is C16H17NO2S. The number of ether oxygens (including phenoxy) is 1. The highest BCUT2D eigenvalue weighted by molar-refractivity contribution is 7.99. The van der Waals surface area contributed by atoms with E-state index in [0.29, 0.717) is 6.42 Å². The van der Waals surface area contributed by atoms with E-state index in [4.69, 9.17) is 4.74 Å². The lowest BCUT2D eigenvalue weighted by Crippen LogP contribution is -2.13. The number of benzene rings is 1. The number of carbonyl (C=O) groups excluding carboxylic acids is 1. The molecular weight excluding hydrogens is 270 g/mol. The van der Waals surface area contributed by atoms with Crippen LogP contribution in [0.3, 0.4) is 0 Å². The van der Waals surface area contributed by atoms with Gasteiger partial charge in [0.2, 0.25) is 0 Å². The van der Waals surface area contributed by atoms with E-state index in [0.717, 1.165) is 34.5 Å². The molecule has 0 radical (unpaired) electrons. The number of fused-ring (bicyclic) bond motifs is 1. The number of esters is 1. The summed E-state index contributed by atoms with van der Waals surface area (Å²) in [6.07, 6.45) is 2.76. The van der Waals surface area contributed by atoms with Crippen LogP contribution in [-0.4, -0.2) is 23.8 Å². The number of carbonyl (C=O) groups is 1. The zero-order valence-corrected chi connectivity index (χ0v) is 12.3. The van der Waals surface area contributed by atoms with Gasteiger partial charge in [0.05, 0.1) is 24.1 Å². The van der Waals surface area contributed by atoms with Gasteiger partial charge in [-0.3, -0.25) is 4.79 Å². The molecule has 2 aromatic rings. The third-order valence-corrected chi connectivity index (χ3v) is 5.08. The number of methoxy groups -OCH3 is 1. The van der Waals surface area contributed by atoms with E-state index in [1.54, 1.807) is 11.8 Å². The van der Waals surface area contributed by atoms with Crippen molar-refractivity contribution in [2.75, 3.05) is 12.9 Å². The smallest absolute Gasteiger partial charge is 0.306 e. The van der Waals surface area contributed by atoms with Crippen LogP contribution < -0.4 is 0 Å². The van der Waals surface area contributed by atoms with Crippen LogP contribution in [0, 0.1) is 5.41 Å². The molecule has 1 saturated carbocycles. The Balaban J connectivity index is 1.66. The Bertz CT molecular complexity index is 637. The summed E-state index contributed by atoms with van der Waals surface area (Å²) in [5.74, 6) is 0.836. The van der Waals surface area contributed by atoms with Gasteiger partial charge in [-0.25, -0.2) is 4.98 Å². The van der Waals surface area contributed by atoms with Crippen molar-refractivity contribution in [2.45, 2.75) is 24.3 Å². The minimum absolute atomic E-state index is 0.102. The fraction of sp³-hybridized carbons (Fsp3) is 0.375. The number of rotatable bonds is 5. The maximum atomic E-state index is 11.4. The van der Waals surface area contributed by atoms with Crippen LogP contribution in [0.5, 0.6) is 0 Å². The quantitative estimate of drug-likeness (QED) is 0.621. The maximum absolute atomic E-state index is 11.4. The molecule has 104 valence electrons. The average Bonchev–Trinajstić information content (AvgIpc) is 3.25. The summed E-state index contributed by atoms with van der Waals surface area (Å²) >= 11 is 1.74. The van der Waals surface area contributed by atoms with Gasteiger partial charge in [0.1, 0.15) is 0 Å². The summed E-state index contributed by atoms with van der Waals surface area (Å²) in [7, 11) is 1.45. The van der Waals surface area contributed by atoms with Gasteiger partial charge < -0.3 is 4.74 Å². The largest absolute Gasteiger partial charge is 0.469 e. The van der Waals surface area contributed by atoms with Gasteiger partial charge in [0.25, 0.3) is 0 Å². The molecule has 0 N–H and O–H groups in total. The van der Waals surface area contributed by atoms with E-state index < -0.39 is 0 Å². The third kappa shape index (κ3) is 2.96. The van der Waals surface area contributed by atoms with E-state index in [1.165, 1.54) is 7.11 Å². The van der Waals surface area contributed by atoms with Gasteiger partial charge in [-0.15, -0.1) is 11.8 Å². The second-order valence-corrected chi connectivity index (χ2v) is 6.38. The zero-order chi connectivity index (χ0) is 14.0. The molecule has 20 heavy (non-hydrogen) atoms. The Morgan fingerprint density at radius 3 is 2.85 bits per heavy atom. The monoisotopic (exact) mass is 287 g/mol. The number of para-hydroxylation sites is 1. The SMILES string of the molecule is COC(=O)CC1(CSc2ccc3ccccc3n2)CC1. The normalized spacial score (nSPS) is 16.1. The van der Waals surface area contributed by atoms with Crippen LogP contribution in [0.2, 0.25) is 0 Å². The van der Waals surface area contributed by atoms with Gasteiger partial charge in [0, 0.05) is 11.1 Å². The molecule has 1 aromatic heterocycles. The number of aromatic nitrogens is 1. The van der Waals surface area contributed by atoms with E-state index in [2.05, 4.69) is 23.2 Å². The molecule has 3 rings (SSSR count). The highest BCUT2D eigenvalue weighted by Gasteiger charge is 2.44. The van der Waals surface area contributed by atoms with Crippen LogP contribution in [0.4, 0.5) is 0 Å². The van der Waals surface area contributed by atoms with Gasteiger partial charge in [-0.2, -0.15) is 0 Å². The van der Waals surface area contributed by atoms with Gasteiger partial charge in [0.15, 0.2) is 0 Å². The first-order valence-corrected chi connectivity index (χ1v) is 7.75. The molecule has 1 aromatic carbocycles. The number of hydrogen-bond donors (Lipinski definition) is 0. The topological polar surface area (TPSA) is 39.2 Å². The minimum atomic E-state index is -0.102. The first-order valence-electron chi connectivity index (χ1n) is 6.76. The first-order chi connectivity index (χ1) is 9.71. The Kier molecular flexibility index (Phi) is 3.66. The van der Waals surface area contributed by atoms with Gasteiger partial charge in [-0.05, 0) is 30.4 Å². The summed E-state index contributed by atoms with van der Waals surface area (Å²) in [6.45, 7) is 0. The molecule has 1 aliphatic carbocycles. The van der Waals surface area contributed by atoms with Crippen molar-refractivity contribution in [2.24, 2.45) is 5.41 Å². The van der Waals surface area contributed by atoms with Crippen molar-refractivity contribution >= 4 is 28.6 Å². The highest BCUT2D eigenvalue weighted by Crippen LogP contribution is 2.52. The molecule has 1 fully saturated rings. The molecule has 0 aliphatic heterocycles. The molecule has 0 saturated heterocycles. The second-order valence-electron chi connectivity index (χ2n) is 5.38. The predicted molar refractivity (Wildman–Crippen MR) is 80.8 cm³/mol. The van der Waals surface area contributed by atoms with E-state index >= 15 is 0 Å². The number of hydrogen-bond acceptors (Lipinski definition) is 4. The van der Waals surface area contributed by atoms with Crippen molar-refractivity contribution < 1.29 is 9.53 Å². The molecule has 0 atom stereocenters. The van der Waals surface area contributed by atoms with Crippen molar-refractivity contribution in [3.05, 3.63) is 36.4 Å². The summed E-state index contributed by atoms with van der Waals surface area (Å²) in [5, 5.41) is 2.19. The molecule has 0 amide bonds. The third-order valence-electron chi connectivity index (χ3n) is 3.80. The molecule has 4 heteroatoms. The number of nitrogens with zero attached hydrogens (tertiary/aromatic N) is 1. The highest BCUT2D eigenvalue weighted by atomic mass is 32.2. The van der Waals surface area contributed by atoms with Crippen LogP contribution in [0.25, 0.3) is 10.9 Å². The summed E-state index contributed by atoms with van der Waals surface area (Å²) in [5.41, 5.74) is 1.17. The fourth-order valence-electron chi connectivity index (χ4n) is 2.28. The second kappa shape index (κ2) is 5.44. The molecule has 0 bridgehead atoms. The Morgan fingerprint density at radius 2 is 2.10 bits per heavy atom. The van der Waals surface area contributed by atoms with E-state index in [9.17, 15) is 4.79 Å². The zero-order valence-electron chi connectivity index (χ0n) is 11.5. The Morgan fingerprint density at radius 1 is 1.30 bits per heavy atom. The molecule has 0 unspecified atom stereocenters. The Labute approximate surface area is 122 Å². The summed E-state index contributed by atoms with van der Waals surface area (Å²) in [6, 6.07) is 12.3. The van der Waals surface area contributed by atoms with Crippen molar-refractivity contribution in [3.63, 3.8) is 0 Å². The van der Waals surface area contributed by atoms with Gasteiger partial charge >= 0.3 is 5.97 Å². The maximum Gasteiger partial charge on any atom is 0.306 e. The van der Waals surface area contributed by atoms with E-state index in [1.807, 2.05) is 18.2 Å². The lowest BCUT2D eigenvalue weighted by atomic mass is 10.1. The predicted octanol–water partition coefficient (Wildman–Crippen LogP) is 3.67. The first kappa shape index (κ1) is 13.4. The van der Waals surface area contributed by atoms with Crippen LogP contribution in [-0.2, 0) is 9.53 Å². The van der Waals surface area contributed by atoms with Crippen molar-refractivity contribution in [1.29, 1.82) is 0 Å². The Hall–Kier alpha value is -1.55. The average molecular weight is 287 g/mol. The fourth-order valence-corrected chi connectivity index (χ4v) is 3.45. The minimum Gasteiger partial charge on any atom is -0.469 e. The molecule has 0 spiro atoms. The van der Waals surface area contributed by atoms with Crippen LogP contribution >= 0.6 is 11.8 Å². The lowest BCUT2D eigenvalue weighted by Gasteiger charge is -2.12. The molecule has 3 nitrogen and oxygen atoms in total. The summed E-state index contributed by atoms with van der Waals surface area (Å²) in [4.78, 5) is 16.1. The van der Waals surface area contributed by atoms with Gasteiger partial charge in [-0.1, -0.05) is 24.3 Å². The van der Waals surface area contributed by atoms with Crippen molar-refractivity contribution in [3.8, 4) is 0 Å². The lowest BCUT2D eigenvalue weighted by molar-refractivity contribution is -0.141. The van der Waals surface area contributed by atoms with Crippen molar-refractivity contribution in [1.82, 2.24) is 4.98 Å². The molecule has 1 aliphatic rings. The standard InChI is InChI=1S/C16H17NO2S/c1-19-15(18)10-16(8-9-16)11-20-14-7-6-12-4-2-3-5-13(12)17-14/h2-7H,8-11H2,1H3. The molecule has 1 heterocycles. The summed E-state index contributed by atoms with van der Waals surface area (Å²) < 4.78 is 4.77. The van der Waals surface area contributed by atoms with Crippen LogP contribution in [0.1, 0.15) is 19.3 Å².